The van der Waals surface area contributed by atoms with E-state index in [-0.39, 0.29) is 5.54 Å². The van der Waals surface area contributed by atoms with E-state index in [4.69, 9.17) is 0 Å². The van der Waals surface area contributed by atoms with Crippen molar-refractivity contribution in [3.05, 3.63) is 29.8 Å². The number of aryl methyl sites for hydroxylation is 1. The molecule has 0 saturated carbocycles. The van der Waals surface area contributed by atoms with Gasteiger partial charge in [0.05, 0.1) is 0 Å². The van der Waals surface area contributed by atoms with E-state index >= 15 is 0 Å². The summed E-state index contributed by atoms with van der Waals surface area (Å²) in [5, 5.41) is 4.00. The van der Waals surface area contributed by atoms with Gasteiger partial charge in [-0.2, -0.15) is 0 Å². The second kappa shape index (κ2) is 6.46. The second-order valence-electron chi connectivity index (χ2n) is 5.44. The molecule has 1 rings (SSSR count). The van der Waals surface area contributed by atoms with Gasteiger partial charge in [-0.15, -0.1) is 11.8 Å². The van der Waals surface area contributed by atoms with E-state index in [0.29, 0.717) is 5.25 Å². The van der Waals surface area contributed by atoms with Gasteiger partial charge in [-0.1, -0.05) is 26.0 Å². The topological polar surface area (TPSA) is 12.0 Å². The van der Waals surface area contributed by atoms with Crippen molar-refractivity contribution in [3.8, 4) is 0 Å². The van der Waals surface area contributed by atoms with Gasteiger partial charge in [0, 0.05) is 15.7 Å². The standard InChI is InChI=1S/C15H25NS/c1-12(2)17-14-8-6-13(7-9-14)10-11-15(3,4)16-5/h6-9,12,16H,10-11H2,1-5H3. The Hall–Kier alpha value is -0.470. The zero-order valence-electron chi connectivity index (χ0n) is 11.7. The molecular weight excluding hydrogens is 226 g/mol. The Morgan fingerprint density at radius 1 is 1.18 bits per heavy atom. The largest absolute Gasteiger partial charge is 0.315 e. The van der Waals surface area contributed by atoms with E-state index in [1.807, 2.05) is 18.8 Å². The Balaban J connectivity index is 2.51. The van der Waals surface area contributed by atoms with E-state index in [1.165, 1.54) is 16.9 Å². The molecule has 0 bridgehead atoms. The number of nitrogens with one attached hydrogen (secondary N) is 1. The van der Waals surface area contributed by atoms with Crippen LogP contribution in [-0.2, 0) is 6.42 Å². The van der Waals surface area contributed by atoms with Gasteiger partial charge in [-0.3, -0.25) is 0 Å². The van der Waals surface area contributed by atoms with Crippen LogP contribution in [0.5, 0.6) is 0 Å². The maximum Gasteiger partial charge on any atom is 0.0125 e. The molecule has 17 heavy (non-hydrogen) atoms. The minimum atomic E-state index is 0.228. The molecule has 96 valence electrons. The van der Waals surface area contributed by atoms with Crippen LogP contribution in [0.15, 0.2) is 29.2 Å². The average molecular weight is 251 g/mol. The number of hydrogen-bond donors (Lipinski definition) is 1. The fraction of sp³-hybridized carbons (Fsp3) is 0.600. The first kappa shape index (κ1) is 14.6. The summed E-state index contributed by atoms with van der Waals surface area (Å²) < 4.78 is 0. The zero-order chi connectivity index (χ0) is 12.9. The van der Waals surface area contributed by atoms with Crippen LogP contribution in [0.4, 0.5) is 0 Å². The van der Waals surface area contributed by atoms with Crippen LogP contribution in [0.2, 0.25) is 0 Å². The maximum absolute atomic E-state index is 3.34. The third-order valence-electron chi connectivity index (χ3n) is 3.01. The maximum atomic E-state index is 3.34. The van der Waals surface area contributed by atoms with Crippen molar-refractivity contribution in [2.24, 2.45) is 0 Å². The van der Waals surface area contributed by atoms with Gasteiger partial charge < -0.3 is 5.32 Å². The molecule has 0 aliphatic rings. The molecule has 0 amide bonds. The Morgan fingerprint density at radius 2 is 1.76 bits per heavy atom. The second-order valence-corrected chi connectivity index (χ2v) is 7.09. The lowest BCUT2D eigenvalue weighted by molar-refractivity contribution is 0.393. The molecule has 0 aromatic heterocycles. The fourth-order valence-electron chi connectivity index (χ4n) is 1.59. The predicted molar refractivity (Wildman–Crippen MR) is 78.9 cm³/mol. The Labute approximate surface area is 110 Å². The van der Waals surface area contributed by atoms with Gasteiger partial charge in [-0.25, -0.2) is 0 Å². The van der Waals surface area contributed by atoms with Crippen molar-refractivity contribution in [1.82, 2.24) is 5.32 Å². The average Bonchev–Trinajstić information content (AvgIpc) is 2.28. The van der Waals surface area contributed by atoms with Crippen LogP contribution in [0.25, 0.3) is 0 Å². The summed E-state index contributed by atoms with van der Waals surface area (Å²) in [5.74, 6) is 0. The van der Waals surface area contributed by atoms with Crippen molar-refractivity contribution in [2.75, 3.05) is 7.05 Å². The molecule has 0 aliphatic carbocycles. The minimum absolute atomic E-state index is 0.228. The third kappa shape index (κ3) is 5.60. The van der Waals surface area contributed by atoms with Crippen LogP contribution in [0, 0.1) is 0 Å². The molecule has 0 spiro atoms. The summed E-state index contributed by atoms with van der Waals surface area (Å²) in [7, 11) is 2.03. The van der Waals surface area contributed by atoms with Gasteiger partial charge in [0.15, 0.2) is 0 Å². The van der Waals surface area contributed by atoms with Crippen molar-refractivity contribution in [3.63, 3.8) is 0 Å². The first-order chi connectivity index (χ1) is 7.93. The van der Waals surface area contributed by atoms with Gasteiger partial charge in [-0.05, 0) is 51.4 Å². The van der Waals surface area contributed by atoms with Crippen LogP contribution in [0.1, 0.15) is 39.7 Å². The predicted octanol–water partition coefficient (Wildman–Crippen LogP) is 4.12. The Bertz CT molecular complexity index is 327. The summed E-state index contributed by atoms with van der Waals surface area (Å²) in [4.78, 5) is 1.37. The van der Waals surface area contributed by atoms with Gasteiger partial charge in [0.25, 0.3) is 0 Å². The van der Waals surface area contributed by atoms with E-state index in [0.717, 1.165) is 6.42 Å². The fourth-order valence-corrected chi connectivity index (χ4v) is 2.43. The minimum Gasteiger partial charge on any atom is -0.315 e. The number of thioether (sulfide) groups is 1. The number of rotatable bonds is 6. The molecular formula is C15H25NS. The highest BCUT2D eigenvalue weighted by molar-refractivity contribution is 7.99. The van der Waals surface area contributed by atoms with Crippen LogP contribution >= 0.6 is 11.8 Å². The van der Waals surface area contributed by atoms with Crippen molar-refractivity contribution in [1.29, 1.82) is 0 Å². The monoisotopic (exact) mass is 251 g/mol. The summed E-state index contributed by atoms with van der Waals surface area (Å²) in [6.07, 6.45) is 2.31. The summed E-state index contributed by atoms with van der Waals surface area (Å²) in [5.41, 5.74) is 1.66. The lowest BCUT2D eigenvalue weighted by Crippen LogP contribution is -2.36. The molecule has 0 aliphatic heterocycles. The summed E-state index contributed by atoms with van der Waals surface area (Å²) in [6, 6.07) is 9.01. The number of benzene rings is 1. The molecule has 1 aromatic carbocycles. The molecule has 0 atom stereocenters. The Kier molecular flexibility index (Phi) is 5.54. The van der Waals surface area contributed by atoms with Crippen molar-refractivity contribution >= 4 is 11.8 Å². The highest BCUT2D eigenvalue weighted by atomic mass is 32.2. The Morgan fingerprint density at radius 3 is 2.24 bits per heavy atom. The SMILES string of the molecule is CNC(C)(C)CCc1ccc(SC(C)C)cc1. The van der Waals surface area contributed by atoms with E-state index in [1.54, 1.807) is 0 Å². The molecule has 1 nitrogen and oxygen atoms in total. The molecule has 2 heteroatoms. The molecule has 0 radical (unpaired) electrons. The van der Waals surface area contributed by atoms with E-state index in [9.17, 15) is 0 Å². The molecule has 0 unspecified atom stereocenters. The van der Waals surface area contributed by atoms with Gasteiger partial charge >= 0.3 is 0 Å². The summed E-state index contributed by atoms with van der Waals surface area (Å²) in [6.45, 7) is 8.95. The summed E-state index contributed by atoms with van der Waals surface area (Å²) >= 11 is 1.92. The highest BCUT2D eigenvalue weighted by Gasteiger charge is 2.13. The molecule has 1 N–H and O–H groups in total. The highest BCUT2D eigenvalue weighted by Crippen LogP contribution is 2.23. The van der Waals surface area contributed by atoms with Crippen LogP contribution in [-0.4, -0.2) is 17.8 Å². The normalized spacial score (nSPS) is 12.1. The molecule has 0 saturated heterocycles. The van der Waals surface area contributed by atoms with Crippen molar-refractivity contribution in [2.45, 2.75) is 56.2 Å². The van der Waals surface area contributed by atoms with E-state index < -0.39 is 0 Å². The lowest BCUT2D eigenvalue weighted by atomic mass is 9.96. The zero-order valence-corrected chi connectivity index (χ0v) is 12.5. The molecule has 0 fully saturated rings. The first-order valence-corrected chi connectivity index (χ1v) is 7.25. The quantitative estimate of drug-likeness (QED) is 0.763. The van der Waals surface area contributed by atoms with Crippen LogP contribution in [0.3, 0.4) is 0 Å². The van der Waals surface area contributed by atoms with Crippen LogP contribution < -0.4 is 5.32 Å². The van der Waals surface area contributed by atoms with Gasteiger partial charge in [0.2, 0.25) is 0 Å². The van der Waals surface area contributed by atoms with E-state index in [2.05, 4.69) is 57.3 Å². The smallest absolute Gasteiger partial charge is 0.0125 e. The molecule has 0 heterocycles. The number of hydrogen-bond acceptors (Lipinski definition) is 2. The third-order valence-corrected chi connectivity index (χ3v) is 4.03. The van der Waals surface area contributed by atoms with Crippen molar-refractivity contribution < 1.29 is 0 Å². The molecule has 1 aromatic rings. The lowest BCUT2D eigenvalue weighted by Gasteiger charge is -2.23. The first-order valence-electron chi connectivity index (χ1n) is 6.37. The van der Waals surface area contributed by atoms with Gasteiger partial charge in [0.1, 0.15) is 0 Å².